The highest BCUT2D eigenvalue weighted by Gasteiger charge is 2.36. The van der Waals surface area contributed by atoms with Crippen molar-refractivity contribution in [3.8, 4) is 11.5 Å². The highest BCUT2D eigenvalue weighted by molar-refractivity contribution is 7.89. The van der Waals surface area contributed by atoms with E-state index in [1.807, 2.05) is 0 Å². The van der Waals surface area contributed by atoms with Gasteiger partial charge in [0.1, 0.15) is 10.7 Å². The summed E-state index contributed by atoms with van der Waals surface area (Å²) >= 11 is 0. The minimum Gasteiger partial charge on any atom is -0.493 e. The van der Waals surface area contributed by atoms with E-state index >= 15 is 0 Å². The molecule has 0 spiro atoms. The highest BCUT2D eigenvalue weighted by atomic mass is 32.2. The molecule has 1 aliphatic heterocycles. The number of rotatable bonds is 6. The van der Waals surface area contributed by atoms with Gasteiger partial charge in [0, 0.05) is 31.3 Å². The van der Waals surface area contributed by atoms with E-state index in [-0.39, 0.29) is 36.5 Å². The molecule has 1 N–H and O–H groups in total. The van der Waals surface area contributed by atoms with Crippen molar-refractivity contribution in [1.82, 2.24) is 9.62 Å². The first-order valence-electron chi connectivity index (χ1n) is 10.1. The average molecular weight is 429 g/mol. The summed E-state index contributed by atoms with van der Waals surface area (Å²) in [5.74, 6) is -1.19. The van der Waals surface area contributed by atoms with Crippen molar-refractivity contribution in [3.05, 3.63) is 17.9 Å². The molecule has 1 unspecified atom stereocenters. The third-order valence-corrected chi connectivity index (χ3v) is 7.64. The maximum atomic E-state index is 14.5. The van der Waals surface area contributed by atoms with Gasteiger partial charge in [-0.15, -0.1) is 0 Å². The smallest absolute Gasteiger partial charge is 0.246 e. The number of halogens is 1. The molecule has 1 heterocycles. The van der Waals surface area contributed by atoms with Crippen LogP contribution < -0.4 is 14.8 Å². The van der Waals surface area contributed by atoms with Crippen LogP contribution in [-0.4, -0.2) is 52.0 Å². The van der Waals surface area contributed by atoms with Crippen LogP contribution in [0.1, 0.15) is 44.9 Å². The lowest BCUT2D eigenvalue weighted by atomic mass is 9.93. The molecule has 0 aromatic heterocycles. The van der Waals surface area contributed by atoms with Gasteiger partial charge in [-0.25, -0.2) is 12.8 Å². The van der Waals surface area contributed by atoms with Gasteiger partial charge in [-0.1, -0.05) is 19.3 Å². The number of ether oxygens (including phenoxy) is 2. The van der Waals surface area contributed by atoms with Crippen LogP contribution in [0.3, 0.4) is 0 Å². The number of benzene rings is 1. The van der Waals surface area contributed by atoms with E-state index in [4.69, 9.17) is 9.47 Å². The lowest BCUT2D eigenvalue weighted by Gasteiger charge is -2.33. The van der Waals surface area contributed by atoms with Gasteiger partial charge >= 0.3 is 0 Å². The van der Waals surface area contributed by atoms with Crippen molar-refractivity contribution in [3.63, 3.8) is 0 Å². The van der Waals surface area contributed by atoms with Crippen LogP contribution in [0.4, 0.5) is 4.39 Å². The van der Waals surface area contributed by atoms with E-state index in [0.717, 1.165) is 37.8 Å². The minimum atomic E-state index is -4.11. The van der Waals surface area contributed by atoms with Crippen LogP contribution in [0.25, 0.3) is 0 Å². The summed E-state index contributed by atoms with van der Waals surface area (Å²) in [6.07, 6.45) is 6.52. The molecule has 7 nitrogen and oxygen atoms in total. The Hall–Kier alpha value is -1.87. The van der Waals surface area contributed by atoms with Crippen LogP contribution in [0.15, 0.2) is 17.0 Å². The fraction of sp³-hybridized carbons (Fsp3) is 0.650. The third kappa shape index (κ3) is 4.83. The number of sulfonamides is 1. The van der Waals surface area contributed by atoms with Gasteiger partial charge < -0.3 is 14.8 Å². The number of carbonyl (C=O) groups is 1. The molecule has 1 saturated heterocycles. The molecule has 1 amide bonds. The molecule has 1 aromatic rings. The maximum Gasteiger partial charge on any atom is 0.246 e. The first-order valence-corrected chi connectivity index (χ1v) is 11.5. The van der Waals surface area contributed by atoms with Gasteiger partial charge in [-0.3, -0.25) is 4.79 Å². The number of hydrogen-bond acceptors (Lipinski definition) is 5. The van der Waals surface area contributed by atoms with Crippen molar-refractivity contribution in [1.29, 1.82) is 0 Å². The summed E-state index contributed by atoms with van der Waals surface area (Å²) in [7, 11) is -1.39. The topological polar surface area (TPSA) is 84.9 Å². The van der Waals surface area contributed by atoms with Gasteiger partial charge in [-0.05, 0) is 25.7 Å². The number of nitrogens with one attached hydrogen (secondary N) is 1. The zero-order valence-electron chi connectivity index (χ0n) is 16.9. The summed E-state index contributed by atoms with van der Waals surface area (Å²) in [6.45, 7) is 0.304. The van der Waals surface area contributed by atoms with Crippen molar-refractivity contribution < 1.29 is 27.1 Å². The van der Waals surface area contributed by atoms with Crippen molar-refractivity contribution in [2.24, 2.45) is 5.92 Å². The second kappa shape index (κ2) is 9.30. The molecular formula is C20H29FN2O5S. The van der Waals surface area contributed by atoms with Crippen molar-refractivity contribution >= 4 is 15.9 Å². The van der Waals surface area contributed by atoms with Gasteiger partial charge in [0.2, 0.25) is 15.9 Å². The van der Waals surface area contributed by atoms with E-state index in [9.17, 15) is 17.6 Å². The summed E-state index contributed by atoms with van der Waals surface area (Å²) in [5, 5.41) is 3.07. The van der Waals surface area contributed by atoms with Gasteiger partial charge in [0.05, 0.1) is 20.1 Å². The molecule has 2 aliphatic rings. The fourth-order valence-corrected chi connectivity index (χ4v) is 5.70. The Morgan fingerprint density at radius 3 is 2.38 bits per heavy atom. The Morgan fingerprint density at radius 2 is 1.72 bits per heavy atom. The van der Waals surface area contributed by atoms with Crippen LogP contribution in [0.5, 0.6) is 11.5 Å². The number of carbonyl (C=O) groups excluding carboxylic acids is 1. The molecule has 9 heteroatoms. The van der Waals surface area contributed by atoms with E-state index in [0.29, 0.717) is 12.8 Å². The predicted octanol–water partition coefficient (Wildman–Crippen LogP) is 2.69. The molecule has 162 valence electrons. The normalized spacial score (nSPS) is 21.6. The molecule has 2 fully saturated rings. The molecule has 29 heavy (non-hydrogen) atoms. The van der Waals surface area contributed by atoms with Gasteiger partial charge in [0.15, 0.2) is 11.5 Å². The number of methoxy groups -OCH3 is 2. The summed E-state index contributed by atoms with van der Waals surface area (Å²) in [4.78, 5) is 12.2. The number of piperidine rings is 1. The Morgan fingerprint density at radius 1 is 1.07 bits per heavy atom. The van der Waals surface area contributed by atoms with E-state index in [2.05, 4.69) is 5.32 Å². The molecule has 1 atom stereocenters. The highest BCUT2D eigenvalue weighted by Crippen LogP contribution is 2.34. The number of amides is 1. The quantitative estimate of drug-likeness (QED) is 0.753. The average Bonchev–Trinajstić information content (AvgIpc) is 2.74. The van der Waals surface area contributed by atoms with Crippen molar-refractivity contribution in [2.45, 2.75) is 55.9 Å². The molecule has 1 aliphatic carbocycles. The first-order chi connectivity index (χ1) is 13.9. The predicted molar refractivity (Wildman–Crippen MR) is 106 cm³/mol. The minimum absolute atomic E-state index is 0.0503. The lowest BCUT2D eigenvalue weighted by molar-refractivity contribution is -0.127. The largest absolute Gasteiger partial charge is 0.493 e. The zero-order chi connectivity index (χ0) is 21.0. The monoisotopic (exact) mass is 428 g/mol. The summed E-state index contributed by atoms with van der Waals surface area (Å²) < 4.78 is 52.1. The molecule has 1 aromatic carbocycles. The van der Waals surface area contributed by atoms with Crippen LogP contribution in [0, 0.1) is 11.7 Å². The van der Waals surface area contributed by atoms with Gasteiger partial charge in [0.25, 0.3) is 0 Å². The SMILES string of the molecule is COc1cc(F)c(S(=O)(=O)N2CCCC(C(=O)NC3CCCCC3)C2)cc1OC. The van der Waals surface area contributed by atoms with Gasteiger partial charge in [-0.2, -0.15) is 4.31 Å². The second-order valence-corrected chi connectivity index (χ2v) is 9.59. The first kappa shape index (κ1) is 21.8. The maximum absolute atomic E-state index is 14.5. The molecule has 3 rings (SSSR count). The summed E-state index contributed by atoms with van der Waals surface area (Å²) in [6, 6.07) is 2.31. The third-order valence-electron chi connectivity index (χ3n) is 5.76. The number of hydrogen-bond donors (Lipinski definition) is 1. The molecule has 0 bridgehead atoms. The molecule has 1 saturated carbocycles. The Kier molecular flexibility index (Phi) is 7.00. The Bertz CT molecular complexity index is 840. The van der Waals surface area contributed by atoms with Crippen LogP contribution >= 0.6 is 0 Å². The molecule has 0 radical (unpaired) electrons. The number of nitrogens with zero attached hydrogens (tertiary/aromatic N) is 1. The summed E-state index contributed by atoms with van der Waals surface area (Å²) in [5.41, 5.74) is 0. The van der Waals surface area contributed by atoms with Crippen molar-refractivity contribution in [2.75, 3.05) is 27.3 Å². The van der Waals surface area contributed by atoms with Crippen LogP contribution in [-0.2, 0) is 14.8 Å². The van der Waals surface area contributed by atoms with E-state index in [1.165, 1.54) is 24.9 Å². The Balaban J connectivity index is 1.76. The van der Waals surface area contributed by atoms with E-state index < -0.39 is 26.7 Å². The lowest BCUT2D eigenvalue weighted by Crippen LogP contribution is -2.48. The fourth-order valence-electron chi connectivity index (χ4n) is 4.11. The Labute approximate surface area is 171 Å². The van der Waals surface area contributed by atoms with E-state index in [1.54, 1.807) is 0 Å². The zero-order valence-corrected chi connectivity index (χ0v) is 17.8. The van der Waals surface area contributed by atoms with Crippen LogP contribution in [0.2, 0.25) is 0 Å². The standard InChI is InChI=1S/C20H29FN2O5S/c1-27-17-11-16(21)19(12-18(17)28-2)29(25,26)23-10-6-7-14(13-23)20(24)22-15-8-4-3-5-9-15/h11-12,14-15H,3-10,13H2,1-2H3,(H,22,24). The molecular weight excluding hydrogens is 399 g/mol. The second-order valence-electron chi connectivity index (χ2n) is 7.68.